The zero-order valence-corrected chi connectivity index (χ0v) is 14.4. The molecule has 0 spiro atoms. The first-order valence-electron chi connectivity index (χ1n) is 8.19. The Morgan fingerprint density at radius 2 is 1.88 bits per heavy atom. The van der Waals surface area contributed by atoms with Gasteiger partial charge in [0.05, 0.1) is 11.4 Å². The van der Waals surface area contributed by atoms with E-state index in [0.29, 0.717) is 44.6 Å². The van der Waals surface area contributed by atoms with Crippen LogP contribution in [-0.2, 0) is 11.2 Å². The van der Waals surface area contributed by atoms with Gasteiger partial charge in [-0.05, 0) is 36.8 Å². The van der Waals surface area contributed by atoms with Crippen LogP contribution in [0.2, 0.25) is 5.02 Å². The molecule has 2 heterocycles. The molecule has 0 saturated carbocycles. The van der Waals surface area contributed by atoms with Crippen LogP contribution in [0.4, 0.5) is 4.39 Å². The molecule has 1 aromatic heterocycles. The van der Waals surface area contributed by atoms with Crippen molar-refractivity contribution in [2.24, 2.45) is 0 Å². The standard InChI is InChI=1S/C18H19ClFN3O2/c19-15-11-13(4-5-16(15)20)18(25)23-8-2-7-22(9-10-23)17(24)12-14-3-1-6-21-14/h1,3-6,11,21H,2,7-10,12H2. The number of aromatic amines is 1. The number of carbonyl (C=O) groups is 2. The number of hydrogen-bond acceptors (Lipinski definition) is 2. The fourth-order valence-corrected chi connectivity index (χ4v) is 3.11. The highest BCUT2D eigenvalue weighted by atomic mass is 35.5. The lowest BCUT2D eigenvalue weighted by atomic mass is 10.2. The summed E-state index contributed by atoms with van der Waals surface area (Å²) in [5.74, 6) is -0.697. The largest absolute Gasteiger partial charge is 0.365 e. The van der Waals surface area contributed by atoms with Gasteiger partial charge in [0, 0.05) is 43.6 Å². The number of amides is 2. The SMILES string of the molecule is O=C(Cc1ccc[nH]1)N1CCCN(C(=O)c2ccc(F)c(Cl)c2)CC1. The van der Waals surface area contributed by atoms with E-state index in [-0.39, 0.29) is 16.8 Å². The summed E-state index contributed by atoms with van der Waals surface area (Å²) in [6.45, 7) is 2.11. The minimum absolute atomic E-state index is 0.0431. The molecule has 1 aliphatic rings. The van der Waals surface area contributed by atoms with E-state index in [0.717, 1.165) is 5.69 Å². The van der Waals surface area contributed by atoms with E-state index in [1.54, 1.807) is 16.0 Å². The third-order valence-electron chi connectivity index (χ3n) is 4.31. The second-order valence-electron chi connectivity index (χ2n) is 6.03. The van der Waals surface area contributed by atoms with Gasteiger partial charge in [-0.15, -0.1) is 0 Å². The van der Waals surface area contributed by atoms with Crippen molar-refractivity contribution in [3.05, 3.63) is 58.6 Å². The van der Waals surface area contributed by atoms with Gasteiger partial charge in [0.25, 0.3) is 5.91 Å². The monoisotopic (exact) mass is 363 g/mol. The fourth-order valence-electron chi connectivity index (χ4n) is 2.93. The van der Waals surface area contributed by atoms with Crippen molar-refractivity contribution >= 4 is 23.4 Å². The molecule has 1 aliphatic heterocycles. The number of benzene rings is 1. The summed E-state index contributed by atoms with van der Waals surface area (Å²) < 4.78 is 13.3. The predicted molar refractivity (Wildman–Crippen MR) is 93.0 cm³/mol. The van der Waals surface area contributed by atoms with E-state index in [4.69, 9.17) is 11.6 Å². The highest BCUT2D eigenvalue weighted by molar-refractivity contribution is 6.31. The van der Waals surface area contributed by atoms with E-state index in [9.17, 15) is 14.0 Å². The summed E-state index contributed by atoms with van der Waals surface area (Å²) >= 11 is 5.76. The fraction of sp³-hybridized carbons (Fsp3) is 0.333. The van der Waals surface area contributed by atoms with Crippen LogP contribution in [0, 0.1) is 5.82 Å². The lowest BCUT2D eigenvalue weighted by molar-refractivity contribution is -0.130. The third-order valence-corrected chi connectivity index (χ3v) is 4.60. The first-order chi connectivity index (χ1) is 12.0. The summed E-state index contributed by atoms with van der Waals surface area (Å²) in [5, 5.41) is -0.0663. The molecule has 2 aromatic rings. The molecule has 132 valence electrons. The van der Waals surface area contributed by atoms with Crippen molar-refractivity contribution in [2.45, 2.75) is 12.8 Å². The molecule has 0 atom stereocenters. The predicted octanol–water partition coefficient (Wildman–Crippen LogP) is 2.72. The van der Waals surface area contributed by atoms with Gasteiger partial charge in [0.15, 0.2) is 0 Å². The van der Waals surface area contributed by atoms with Gasteiger partial charge in [0.1, 0.15) is 5.82 Å². The van der Waals surface area contributed by atoms with Crippen molar-refractivity contribution in [3.63, 3.8) is 0 Å². The topological polar surface area (TPSA) is 56.4 Å². The summed E-state index contributed by atoms with van der Waals surface area (Å²) in [5.41, 5.74) is 1.24. The molecule has 2 amide bonds. The summed E-state index contributed by atoms with van der Waals surface area (Å²) in [6, 6.07) is 7.71. The second-order valence-corrected chi connectivity index (χ2v) is 6.43. The van der Waals surface area contributed by atoms with Crippen LogP contribution in [0.5, 0.6) is 0 Å². The number of aromatic nitrogens is 1. The maximum atomic E-state index is 13.3. The number of nitrogens with one attached hydrogen (secondary N) is 1. The Kier molecular flexibility index (Phi) is 5.38. The number of H-pyrrole nitrogens is 1. The molecule has 0 bridgehead atoms. The molecule has 5 nitrogen and oxygen atoms in total. The number of nitrogens with zero attached hydrogens (tertiary/aromatic N) is 2. The highest BCUT2D eigenvalue weighted by Crippen LogP contribution is 2.18. The van der Waals surface area contributed by atoms with Crippen molar-refractivity contribution < 1.29 is 14.0 Å². The third kappa shape index (κ3) is 4.20. The Bertz CT molecular complexity index is 764. The minimum atomic E-state index is -0.546. The Morgan fingerprint density at radius 3 is 2.60 bits per heavy atom. The summed E-state index contributed by atoms with van der Waals surface area (Å²) in [7, 11) is 0. The van der Waals surface area contributed by atoms with Crippen LogP contribution in [-0.4, -0.2) is 52.8 Å². The molecule has 25 heavy (non-hydrogen) atoms. The van der Waals surface area contributed by atoms with Crippen molar-refractivity contribution in [3.8, 4) is 0 Å². The van der Waals surface area contributed by atoms with Crippen molar-refractivity contribution in [2.75, 3.05) is 26.2 Å². The quantitative estimate of drug-likeness (QED) is 0.911. The average Bonchev–Trinajstić information content (AvgIpc) is 2.98. The lowest BCUT2D eigenvalue weighted by Crippen LogP contribution is -2.38. The van der Waals surface area contributed by atoms with Crippen molar-refractivity contribution in [1.29, 1.82) is 0 Å². The van der Waals surface area contributed by atoms with E-state index in [2.05, 4.69) is 4.98 Å². The van der Waals surface area contributed by atoms with Crippen LogP contribution in [0.25, 0.3) is 0 Å². The number of rotatable bonds is 3. The van der Waals surface area contributed by atoms with Gasteiger partial charge in [-0.2, -0.15) is 0 Å². The molecule has 1 N–H and O–H groups in total. The zero-order chi connectivity index (χ0) is 17.8. The maximum Gasteiger partial charge on any atom is 0.253 e. The molecule has 3 rings (SSSR count). The van der Waals surface area contributed by atoms with E-state index < -0.39 is 5.82 Å². The smallest absolute Gasteiger partial charge is 0.253 e. The first-order valence-corrected chi connectivity index (χ1v) is 8.57. The molecule has 0 unspecified atom stereocenters. The molecule has 1 fully saturated rings. The van der Waals surface area contributed by atoms with Gasteiger partial charge in [-0.25, -0.2) is 4.39 Å². The average molecular weight is 364 g/mol. The summed E-state index contributed by atoms with van der Waals surface area (Å²) in [6.07, 6.45) is 2.82. The molecule has 7 heteroatoms. The zero-order valence-electron chi connectivity index (χ0n) is 13.7. The first kappa shape index (κ1) is 17.5. The van der Waals surface area contributed by atoms with Gasteiger partial charge in [-0.3, -0.25) is 9.59 Å². The molecule has 0 radical (unpaired) electrons. The van der Waals surface area contributed by atoms with Gasteiger partial charge >= 0.3 is 0 Å². The van der Waals surface area contributed by atoms with Crippen LogP contribution in [0.1, 0.15) is 22.5 Å². The van der Waals surface area contributed by atoms with Gasteiger partial charge in [0.2, 0.25) is 5.91 Å². The molecule has 0 aliphatic carbocycles. The van der Waals surface area contributed by atoms with Crippen LogP contribution in [0.15, 0.2) is 36.5 Å². The minimum Gasteiger partial charge on any atom is -0.365 e. The Morgan fingerprint density at radius 1 is 1.12 bits per heavy atom. The summed E-state index contributed by atoms with van der Waals surface area (Å²) in [4.78, 5) is 31.5. The second kappa shape index (κ2) is 7.70. The molecule has 1 saturated heterocycles. The normalized spacial score (nSPS) is 15.1. The van der Waals surface area contributed by atoms with E-state index in [1.807, 2.05) is 12.1 Å². The maximum absolute atomic E-state index is 13.3. The Labute approximate surface area is 150 Å². The van der Waals surface area contributed by atoms with Crippen LogP contribution in [0.3, 0.4) is 0 Å². The Hall–Kier alpha value is -2.34. The van der Waals surface area contributed by atoms with Gasteiger partial charge in [-0.1, -0.05) is 11.6 Å². The molecular weight excluding hydrogens is 345 g/mol. The lowest BCUT2D eigenvalue weighted by Gasteiger charge is -2.22. The Balaban J connectivity index is 1.61. The van der Waals surface area contributed by atoms with E-state index in [1.165, 1.54) is 18.2 Å². The molecular formula is C18H19ClFN3O2. The number of carbonyl (C=O) groups excluding carboxylic acids is 2. The number of halogens is 2. The van der Waals surface area contributed by atoms with Crippen LogP contribution < -0.4 is 0 Å². The van der Waals surface area contributed by atoms with Crippen LogP contribution >= 0.6 is 11.6 Å². The van der Waals surface area contributed by atoms with Crippen molar-refractivity contribution in [1.82, 2.24) is 14.8 Å². The molecule has 1 aromatic carbocycles. The highest BCUT2D eigenvalue weighted by Gasteiger charge is 2.23. The van der Waals surface area contributed by atoms with E-state index >= 15 is 0 Å². The number of hydrogen-bond donors (Lipinski definition) is 1. The van der Waals surface area contributed by atoms with Gasteiger partial charge < -0.3 is 14.8 Å².